The van der Waals surface area contributed by atoms with E-state index in [9.17, 15) is 13.5 Å². The molecule has 0 bridgehead atoms. The molecular formula is C16H21NO4S. The van der Waals surface area contributed by atoms with Gasteiger partial charge in [0, 0.05) is 31.7 Å². The summed E-state index contributed by atoms with van der Waals surface area (Å²) in [7, 11) is -3.50. The number of para-hydroxylation sites is 1. The first-order valence-electron chi connectivity index (χ1n) is 7.56. The summed E-state index contributed by atoms with van der Waals surface area (Å²) in [5.74, 6) is 0.912. The highest BCUT2D eigenvalue weighted by atomic mass is 32.2. The molecule has 0 unspecified atom stereocenters. The Morgan fingerprint density at radius 1 is 1.32 bits per heavy atom. The second kappa shape index (κ2) is 6.02. The van der Waals surface area contributed by atoms with Gasteiger partial charge in [-0.25, -0.2) is 8.42 Å². The van der Waals surface area contributed by atoms with Crippen LogP contribution in [0.2, 0.25) is 0 Å². The molecule has 1 fully saturated rings. The summed E-state index contributed by atoms with van der Waals surface area (Å²) in [5.41, 5.74) is 0.796. The van der Waals surface area contributed by atoms with Crippen molar-refractivity contribution in [2.75, 3.05) is 26.3 Å². The molecule has 1 saturated heterocycles. The Kier molecular flexibility index (Phi) is 4.25. The fourth-order valence-corrected chi connectivity index (χ4v) is 4.80. The Balaban J connectivity index is 1.91. The molecular weight excluding hydrogens is 302 g/mol. The molecule has 0 radical (unpaired) electrons. The maximum Gasteiger partial charge on any atom is 0.239 e. The van der Waals surface area contributed by atoms with E-state index < -0.39 is 10.0 Å². The molecule has 0 saturated carbocycles. The van der Waals surface area contributed by atoms with Gasteiger partial charge in [0.15, 0.2) is 0 Å². The number of hydrogen-bond donors (Lipinski definition) is 1. The van der Waals surface area contributed by atoms with Gasteiger partial charge in [-0.15, -0.1) is 0 Å². The average molecular weight is 323 g/mol. The van der Waals surface area contributed by atoms with E-state index in [4.69, 9.17) is 4.74 Å². The Hall–Kier alpha value is -1.37. The van der Waals surface area contributed by atoms with Gasteiger partial charge in [0.2, 0.25) is 10.0 Å². The minimum Gasteiger partial charge on any atom is -0.493 e. The number of nitrogens with zero attached hydrogens (tertiary/aromatic N) is 1. The molecule has 2 aliphatic rings. The van der Waals surface area contributed by atoms with Crippen LogP contribution in [0, 0.1) is 11.8 Å². The zero-order valence-corrected chi connectivity index (χ0v) is 13.4. The van der Waals surface area contributed by atoms with Crippen LogP contribution in [0.1, 0.15) is 18.9 Å². The summed E-state index contributed by atoms with van der Waals surface area (Å²) >= 11 is 0. The fourth-order valence-electron chi connectivity index (χ4n) is 3.03. The van der Waals surface area contributed by atoms with Crippen molar-refractivity contribution < 1.29 is 18.3 Å². The van der Waals surface area contributed by atoms with Gasteiger partial charge in [-0.2, -0.15) is 4.31 Å². The second-order valence-electron chi connectivity index (χ2n) is 5.99. The maximum absolute atomic E-state index is 12.9. The fraction of sp³-hybridized carbons (Fsp3) is 0.500. The molecule has 120 valence electrons. The Morgan fingerprint density at radius 2 is 2.09 bits per heavy atom. The number of sulfonamides is 1. The van der Waals surface area contributed by atoms with Crippen LogP contribution in [0.15, 0.2) is 29.2 Å². The van der Waals surface area contributed by atoms with Crippen molar-refractivity contribution in [1.29, 1.82) is 0 Å². The van der Waals surface area contributed by atoms with E-state index >= 15 is 0 Å². The van der Waals surface area contributed by atoms with Gasteiger partial charge in [-0.1, -0.05) is 25.1 Å². The summed E-state index contributed by atoms with van der Waals surface area (Å²) in [5, 5.41) is 9.35. The third-order valence-corrected chi connectivity index (χ3v) is 6.44. The van der Waals surface area contributed by atoms with E-state index in [1.807, 2.05) is 31.2 Å². The minimum absolute atomic E-state index is 0.0182. The second-order valence-corrected chi connectivity index (χ2v) is 7.98. The summed E-state index contributed by atoms with van der Waals surface area (Å²) in [6.45, 7) is 3.22. The standard InChI is InChI=1S/C16H21NO4S/c1-12-9-17(10-14(12)11-18)22(19,20)15-6-7-21-16-5-3-2-4-13(16)8-15/h2-5,8,12,14,18H,6-7,9-11H2,1H3/t12-,14+/m1/s1. The molecule has 0 amide bonds. The molecule has 1 aromatic carbocycles. The van der Waals surface area contributed by atoms with Gasteiger partial charge in [0.05, 0.1) is 11.5 Å². The molecule has 0 spiro atoms. The topological polar surface area (TPSA) is 66.8 Å². The minimum atomic E-state index is -3.50. The predicted octanol–water partition coefficient (Wildman–Crippen LogP) is 1.70. The zero-order chi connectivity index (χ0) is 15.7. The summed E-state index contributed by atoms with van der Waals surface area (Å²) in [6, 6.07) is 7.45. The SMILES string of the molecule is C[C@@H]1CN(S(=O)(=O)C2=Cc3ccccc3OCC2)C[C@H]1CO. The van der Waals surface area contributed by atoms with E-state index in [1.54, 1.807) is 6.08 Å². The van der Waals surface area contributed by atoms with Crippen LogP contribution in [0.4, 0.5) is 0 Å². The van der Waals surface area contributed by atoms with Gasteiger partial charge in [0.25, 0.3) is 0 Å². The van der Waals surface area contributed by atoms with Crippen molar-refractivity contribution in [2.45, 2.75) is 13.3 Å². The lowest BCUT2D eigenvalue weighted by Gasteiger charge is -2.18. The molecule has 0 aliphatic carbocycles. The first-order valence-corrected chi connectivity index (χ1v) is 9.00. The highest BCUT2D eigenvalue weighted by molar-refractivity contribution is 7.93. The van der Waals surface area contributed by atoms with Crippen molar-refractivity contribution >= 4 is 16.1 Å². The van der Waals surface area contributed by atoms with Crippen LogP contribution in [0.5, 0.6) is 5.75 Å². The molecule has 2 heterocycles. The van der Waals surface area contributed by atoms with Crippen LogP contribution < -0.4 is 4.74 Å². The molecule has 22 heavy (non-hydrogen) atoms. The normalized spacial score (nSPS) is 26.0. The molecule has 1 aromatic rings. The van der Waals surface area contributed by atoms with Gasteiger partial charge < -0.3 is 9.84 Å². The number of hydrogen-bond acceptors (Lipinski definition) is 4. The first kappa shape index (κ1) is 15.5. The number of fused-ring (bicyclic) bond motifs is 1. The Labute approximate surface area is 131 Å². The lowest BCUT2D eigenvalue weighted by molar-refractivity contribution is 0.210. The number of aliphatic hydroxyl groups is 1. The lowest BCUT2D eigenvalue weighted by atomic mass is 10.00. The van der Waals surface area contributed by atoms with Crippen LogP contribution in [-0.4, -0.2) is 44.1 Å². The third-order valence-electron chi connectivity index (χ3n) is 4.48. The van der Waals surface area contributed by atoms with Gasteiger partial charge in [0.1, 0.15) is 5.75 Å². The summed E-state index contributed by atoms with van der Waals surface area (Å²) < 4.78 is 32.9. The Morgan fingerprint density at radius 3 is 2.82 bits per heavy atom. The van der Waals surface area contributed by atoms with Gasteiger partial charge in [-0.3, -0.25) is 0 Å². The number of ether oxygens (including phenoxy) is 1. The molecule has 1 N–H and O–H groups in total. The van der Waals surface area contributed by atoms with Crippen molar-refractivity contribution in [3.05, 3.63) is 34.7 Å². The molecule has 3 rings (SSSR count). The van der Waals surface area contributed by atoms with Gasteiger partial charge in [-0.05, 0) is 24.0 Å². The van der Waals surface area contributed by atoms with Crippen LogP contribution in [-0.2, 0) is 10.0 Å². The lowest BCUT2D eigenvalue weighted by Crippen LogP contribution is -2.30. The highest BCUT2D eigenvalue weighted by Gasteiger charge is 2.37. The van der Waals surface area contributed by atoms with Crippen molar-refractivity contribution in [2.24, 2.45) is 11.8 Å². The molecule has 6 heteroatoms. The largest absolute Gasteiger partial charge is 0.493 e. The third kappa shape index (κ3) is 2.78. The van der Waals surface area contributed by atoms with E-state index in [2.05, 4.69) is 0 Å². The average Bonchev–Trinajstić information content (AvgIpc) is 2.76. The van der Waals surface area contributed by atoms with Crippen molar-refractivity contribution in [3.63, 3.8) is 0 Å². The molecule has 2 atom stereocenters. The summed E-state index contributed by atoms with van der Waals surface area (Å²) in [6.07, 6.45) is 2.08. The number of benzene rings is 1. The maximum atomic E-state index is 12.9. The van der Waals surface area contributed by atoms with Crippen molar-refractivity contribution in [3.8, 4) is 5.75 Å². The van der Waals surface area contributed by atoms with E-state index in [-0.39, 0.29) is 18.4 Å². The van der Waals surface area contributed by atoms with Gasteiger partial charge >= 0.3 is 0 Å². The number of aliphatic hydroxyl groups excluding tert-OH is 1. The molecule has 5 nitrogen and oxygen atoms in total. The van der Waals surface area contributed by atoms with E-state index in [1.165, 1.54) is 4.31 Å². The number of rotatable bonds is 3. The monoisotopic (exact) mass is 323 g/mol. The van der Waals surface area contributed by atoms with Crippen LogP contribution >= 0.6 is 0 Å². The first-order chi connectivity index (χ1) is 10.5. The van der Waals surface area contributed by atoms with Crippen molar-refractivity contribution in [1.82, 2.24) is 4.31 Å². The smallest absolute Gasteiger partial charge is 0.239 e. The van der Waals surface area contributed by atoms with Crippen LogP contribution in [0.3, 0.4) is 0 Å². The van der Waals surface area contributed by atoms with Crippen LogP contribution in [0.25, 0.3) is 6.08 Å². The van der Waals surface area contributed by atoms with E-state index in [0.29, 0.717) is 31.0 Å². The molecule has 0 aromatic heterocycles. The molecule has 2 aliphatic heterocycles. The quantitative estimate of drug-likeness (QED) is 0.919. The predicted molar refractivity (Wildman–Crippen MR) is 84.8 cm³/mol. The highest BCUT2D eigenvalue weighted by Crippen LogP contribution is 2.32. The van der Waals surface area contributed by atoms with E-state index in [0.717, 1.165) is 11.3 Å². The zero-order valence-electron chi connectivity index (χ0n) is 12.6. The summed E-state index contributed by atoms with van der Waals surface area (Å²) in [4.78, 5) is 0.392. The Bertz CT molecular complexity index is 683.